The first-order valence-electron chi connectivity index (χ1n) is 10.8. The molecule has 9 nitrogen and oxygen atoms in total. The molecule has 0 spiro atoms. The number of nitrogens with one attached hydrogen (secondary N) is 1. The molecular formula is C25H21N3O6S. The summed E-state index contributed by atoms with van der Waals surface area (Å²) in [7, 11) is 0. The number of fused-ring (bicyclic) bond motifs is 1. The quantitative estimate of drug-likeness (QED) is 0.324. The van der Waals surface area contributed by atoms with E-state index in [-0.39, 0.29) is 17.3 Å². The van der Waals surface area contributed by atoms with Crippen molar-refractivity contribution in [3.63, 3.8) is 0 Å². The summed E-state index contributed by atoms with van der Waals surface area (Å²) < 4.78 is 20.8. The Morgan fingerprint density at radius 2 is 2.03 bits per heavy atom. The number of aliphatic carboxylic acids is 1. The zero-order valence-electron chi connectivity index (χ0n) is 18.9. The predicted octanol–water partition coefficient (Wildman–Crippen LogP) is 5.20. The first kappa shape index (κ1) is 22.6. The van der Waals surface area contributed by atoms with E-state index in [1.165, 1.54) is 0 Å². The van der Waals surface area contributed by atoms with E-state index in [0.717, 1.165) is 22.7 Å². The van der Waals surface area contributed by atoms with Gasteiger partial charge in [-0.05, 0) is 67.3 Å². The Hall–Kier alpha value is -4.23. The van der Waals surface area contributed by atoms with E-state index in [9.17, 15) is 14.7 Å². The SMILES string of the molecule is Cc1ccccc1C(C)OC(=O)Nc1c(N)nsc1C#Cc1cc2cc(C3(C(=O)O)CC3)oc2o1. The van der Waals surface area contributed by atoms with Crippen molar-refractivity contribution in [1.29, 1.82) is 0 Å². The van der Waals surface area contributed by atoms with Crippen molar-refractivity contribution in [3.8, 4) is 11.8 Å². The van der Waals surface area contributed by atoms with Gasteiger partial charge >= 0.3 is 12.1 Å². The van der Waals surface area contributed by atoms with Crippen LogP contribution in [0.15, 0.2) is 45.2 Å². The van der Waals surface area contributed by atoms with Gasteiger partial charge in [0, 0.05) is 6.07 Å². The van der Waals surface area contributed by atoms with Gasteiger partial charge in [-0.2, -0.15) is 4.37 Å². The van der Waals surface area contributed by atoms with E-state index in [4.69, 9.17) is 19.3 Å². The number of carboxylic acid groups (broad SMARTS) is 1. The molecule has 1 amide bonds. The lowest BCUT2D eigenvalue weighted by Crippen LogP contribution is -2.18. The third kappa shape index (κ3) is 4.22. The minimum absolute atomic E-state index is 0.126. The maximum atomic E-state index is 12.5. The molecule has 3 heterocycles. The number of carbonyl (C=O) groups is 2. The van der Waals surface area contributed by atoms with Crippen molar-refractivity contribution in [3.05, 3.63) is 63.9 Å². The standard InChI is InChI=1S/C25H21N3O6S/c1-13-5-3-4-6-17(13)14(2)32-24(31)27-20-18(35-28-21(20)26)8-7-16-11-15-12-19(34-22(15)33-16)25(9-10-25)23(29)30/h3-6,11-12,14H,9-10H2,1-2H3,(H2,26,28)(H,27,31)(H,29,30). The second-order valence-corrected chi connectivity index (χ2v) is 9.18. The highest BCUT2D eigenvalue weighted by Crippen LogP contribution is 2.50. The molecule has 1 aliphatic carbocycles. The number of aromatic nitrogens is 1. The molecular weight excluding hydrogens is 470 g/mol. The zero-order valence-corrected chi connectivity index (χ0v) is 19.7. The normalized spacial score (nSPS) is 14.7. The number of benzene rings is 1. The van der Waals surface area contributed by atoms with E-state index in [2.05, 4.69) is 21.5 Å². The van der Waals surface area contributed by atoms with Crippen molar-refractivity contribution in [2.24, 2.45) is 0 Å². The van der Waals surface area contributed by atoms with Gasteiger partial charge in [0.15, 0.2) is 11.6 Å². The Labute approximate surface area is 204 Å². The summed E-state index contributed by atoms with van der Waals surface area (Å²) in [4.78, 5) is 24.4. The van der Waals surface area contributed by atoms with Crippen LogP contribution < -0.4 is 11.1 Å². The maximum Gasteiger partial charge on any atom is 0.412 e. The predicted molar refractivity (Wildman–Crippen MR) is 129 cm³/mol. The number of nitrogens with zero attached hydrogens (tertiary/aromatic N) is 1. The molecule has 1 unspecified atom stereocenters. The highest BCUT2D eigenvalue weighted by atomic mass is 32.1. The highest BCUT2D eigenvalue weighted by Gasteiger charge is 2.54. The Morgan fingerprint density at radius 1 is 1.26 bits per heavy atom. The number of rotatable bonds is 5. The van der Waals surface area contributed by atoms with E-state index < -0.39 is 23.6 Å². The van der Waals surface area contributed by atoms with Gasteiger partial charge in [0.05, 0.1) is 5.39 Å². The van der Waals surface area contributed by atoms with Gasteiger partial charge in [0.1, 0.15) is 27.8 Å². The number of carbonyl (C=O) groups excluding carboxylic acids is 1. The van der Waals surface area contributed by atoms with Crippen LogP contribution in [0.25, 0.3) is 11.2 Å². The fraction of sp³-hybridized carbons (Fsp3) is 0.240. The van der Waals surface area contributed by atoms with Crippen molar-refractivity contribution in [2.45, 2.75) is 38.2 Å². The number of furan rings is 2. The van der Waals surface area contributed by atoms with Crippen LogP contribution in [0, 0.1) is 18.8 Å². The Balaban J connectivity index is 1.30. The number of ether oxygens (including phenoxy) is 1. The lowest BCUT2D eigenvalue weighted by Gasteiger charge is -2.16. The lowest BCUT2D eigenvalue weighted by atomic mass is 10.0. The van der Waals surface area contributed by atoms with Crippen molar-refractivity contribution in [2.75, 3.05) is 11.1 Å². The fourth-order valence-electron chi connectivity index (χ4n) is 3.85. The van der Waals surface area contributed by atoms with Gasteiger partial charge in [-0.3, -0.25) is 10.1 Å². The van der Waals surface area contributed by atoms with Crippen LogP contribution in [0.2, 0.25) is 0 Å². The van der Waals surface area contributed by atoms with Gasteiger partial charge in [-0.1, -0.05) is 24.3 Å². The molecule has 1 atom stereocenters. The molecule has 0 radical (unpaired) electrons. The van der Waals surface area contributed by atoms with Gasteiger partial charge < -0.3 is 24.4 Å². The number of aryl methyl sites for hydroxylation is 1. The fourth-order valence-corrected chi connectivity index (χ4v) is 4.48. The molecule has 1 aliphatic rings. The molecule has 10 heteroatoms. The number of anilines is 2. The van der Waals surface area contributed by atoms with Crippen LogP contribution in [0.5, 0.6) is 0 Å². The van der Waals surface area contributed by atoms with Crippen LogP contribution in [-0.4, -0.2) is 21.5 Å². The number of hydrogen-bond acceptors (Lipinski definition) is 8. The topological polar surface area (TPSA) is 141 Å². The van der Waals surface area contributed by atoms with Crippen LogP contribution >= 0.6 is 11.5 Å². The molecule has 1 saturated carbocycles. The summed E-state index contributed by atoms with van der Waals surface area (Å²) in [5.74, 6) is 5.91. The van der Waals surface area contributed by atoms with E-state index in [1.807, 2.05) is 31.2 Å². The molecule has 0 bridgehead atoms. The Kier molecular flexibility index (Phi) is 5.49. The molecule has 0 saturated heterocycles. The first-order chi connectivity index (χ1) is 16.8. The molecule has 178 valence electrons. The number of hydrogen-bond donors (Lipinski definition) is 3. The highest BCUT2D eigenvalue weighted by molar-refractivity contribution is 7.07. The van der Waals surface area contributed by atoms with E-state index >= 15 is 0 Å². The van der Waals surface area contributed by atoms with Gasteiger partial charge in [0.2, 0.25) is 0 Å². The molecule has 1 fully saturated rings. The van der Waals surface area contributed by atoms with Crippen LogP contribution in [0.1, 0.15) is 53.4 Å². The largest absolute Gasteiger partial charge is 0.480 e. The summed E-state index contributed by atoms with van der Waals surface area (Å²) in [6, 6.07) is 11.0. The lowest BCUT2D eigenvalue weighted by molar-refractivity contribution is -0.140. The third-order valence-corrected chi connectivity index (χ3v) is 6.78. The Morgan fingerprint density at radius 3 is 2.71 bits per heavy atom. The number of amides is 1. The summed E-state index contributed by atoms with van der Waals surface area (Å²) in [5, 5.41) is 12.7. The van der Waals surface area contributed by atoms with Crippen LogP contribution in [0.4, 0.5) is 16.3 Å². The van der Waals surface area contributed by atoms with Gasteiger partial charge in [-0.15, -0.1) is 0 Å². The second kappa shape index (κ2) is 8.52. The van der Waals surface area contributed by atoms with E-state index in [0.29, 0.717) is 34.6 Å². The van der Waals surface area contributed by atoms with Crippen molar-refractivity contribution < 1.29 is 28.3 Å². The molecule has 4 aromatic rings. The van der Waals surface area contributed by atoms with Crippen LogP contribution in [-0.2, 0) is 14.9 Å². The molecule has 0 aliphatic heterocycles. The zero-order chi connectivity index (χ0) is 24.7. The van der Waals surface area contributed by atoms with Crippen molar-refractivity contribution >= 4 is 46.3 Å². The third-order valence-electron chi connectivity index (χ3n) is 6.00. The molecule has 35 heavy (non-hydrogen) atoms. The second-order valence-electron chi connectivity index (χ2n) is 8.40. The molecule has 4 N–H and O–H groups in total. The van der Waals surface area contributed by atoms with Gasteiger partial charge in [0.25, 0.3) is 5.78 Å². The summed E-state index contributed by atoms with van der Waals surface area (Å²) in [6.07, 6.45) is -0.0521. The van der Waals surface area contributed by atoms with E-state index in [1.54, 1.807) is 19.1 Å². The average molecular weight is 492 g/mol. The first-order valence-corrected chi connectivity index (χ1v) is 11.6. The minimum atomic E-state index is -0.945. The summed E-state index contributed by atoms with van der Waals surface area (Å²) in [5.41, 5.74) is 7.17. The number of nitrogens with two attached hydrogens (primary N) is 1. The summed E-state index contributed by atoms with van der Waals surface area (Å²) in [6.45, 7) is 3.74. The average Bonchev–Trinajstić information content (AvgIpc) is 3.25. The molecule has 3 aromatic heterocycles. The van der Waals surface area contributed by atoms with Crippen LogP contribution in [0.3, 0.4) is 0 Å². The number of carboxylic acids is 1. The van der Waals surface area contributed by atoms with Crippen molar-refractivity contribution in [1.82, 2.24) is 4.37 Å². The van der Waals surface area contributed by atoms with Gasteiger partial charge in [-0.25, -0.2) is 4.79 Å². The Bertz CT molecular complexity index is 1480. The number of nitrogen functional groups attached to an aromatic ring is 1. The minimum Gasteiger partial charge on any atom is -0.480 e. The summed E-state index contributed by atoms with van der Waals surface area (Å²) >= 11 is 1.03. The maximum absolute atomic E-state index is 12.5. The molecule has 5 rings (SSSR count). The molecule has 1 aromatic carbocycles. The smallest absolute Gasteiger partial charge is 0.412 e. The monoisotopic (exact) mass is 491 g/mol.